The van der Waals surface area contributed by atoms with E-state index in [0.29, 0.717) is 5.65 Å². The van der Waals surface area contributed by atoms with Crippen LogP contribution in [0.3, 0.4) is 0 Å². The average molecular weight is 180 g/mol. The Morgan fingerprint density at radius 3 is 2.77 bits per heavy atom. The summed E-state index contributed by atoms with van der Waals surface area (Å²) in [5.74, 6) is 0. The lowest BCUT2D eigenvalue weighted by atomic mass is 10.5. The number of hydrogen-bond donors (Lipinski definition) is 1. The number of rotatable bonds is 0. The zero-order valence-corrected chi connectivity index (χ0v) is 7.24. The van der Waals surface area contributed by atoms with Crippen molar-refractivity contribution in [3.05, 3.63) is 27.2 Å². The molecule has 2 aromatic heterocycles. The van der Waals surface area contributed by atoms with Crippen molar-refractivity contribution in [1.82, 2.24) is 19.1 Å². The molecule has 0 saturated heterocycles. The van der Waals surface area contributed by atoms with Gasteiger partial charge in [0.2, 0.25) is 0 Å². The van der Waals surface area contributed by atoms with E-state index in [0.717, 1.165) is 0 Å². The summed E-state index contributed by atoms with van der Waals surface area (Å²) < 4.78 is 2.98. The lowest BCUT2D eigenvalue weighted by Gasteiger charge is -1.99. The first-order chi connectivity index (χ1) is 6.11. The van der Waals surface area contributed by atoms with Crippen molar-refractivity contribution in [1.29, 1.82) is 0 Å². The van der Waals surface area contributed by atoms with Crippen molar-refractivity contribution in [2.24, 2.45) is 14.1 Å². The van der Waals surface area contributed by atoms with Gasteiger partial charge in [0.1, 0.15) is 5.65 Å². The van der Waals surface area contributed by atoms with Gasteiger partial charge in [-0.2, -0.15) is 0 Å². The summed E-state index contributed by atoms with van der Waals surface area (Å²) in [6, 6.07) is 0. The summed E-state index contributed by atoms with van der Waals surface area (Å²) in [5, 5.41) is 0. The molecule has 2 rings (SSSR count). The van der Waals surface area contributed by atoms with Crippen LogP contribution in [0.1, 0.15) is 0 Å². The second-order valence-corrected chi connectivity index (χ2v) is 2.85. The lowest BCUT2D eigenvalue weighted by Crippen LogP contribution is -2.29. The standard InChI is InChI=1S/C7H8N4O2/c1-10-3-8-4-5(12)9-7(13)11(2)6(4)10/h3H,1-2H3,(H,9,12,13). The number of fused-ring (bicyclic) bond motifs is 1. The van der Waals surface area contributed by atoms with Crippen LogP contribution in [-0.4, -0.2) is 19.1 Å². The summed E-state index contributed by atoms with van der Waals surface area (Å²) in [5.41, 5.74) is -0.0712. The fourth-order valence-electron chi connectivity index (χ4n) is 1.32. The Labute approximate surface area is 72.5 Å². The van der Waals surface area contributed by atoms with Gasteiger partial charge in [0.25, 0.3) is 5.56 Å². The number of aryl methyl sites for hydroxylation is 2. The molecule has 6 nitrogen and oxygen atoms in total. The number of aromatic nitrogens is 4. The van der Waals surface area contributed by atoms with Gasteiger partial charge < -0.3 is 4.57 Å². The zero-order valence-electron chi connectivity index (χ0n) is 7.24. The largest absolute Gasteiger partial charge is 0.329 e. The van der Waals surface area contributed by atoms with Crippen molar-refractivity contribution < 1.29 is 0 Å². The van der Waals surface area contributed by atoms with Crippen LogP contribution in [-0.2, 0) is 14.1 Å². The minimum atomic E-state index is -0.446. The van der Waals surface area contributed by atoms with Gasteiger partial charge in [-0.3, -0.25) is 14.3 Å². The van der Waals surface area contributed by atoms with Gasteiger partial charge in [-0.1, -0.05) is 0 Å². The molecule has 0 aliphatic carbocycles. The molecule has 0 bridgehead atoms. The normalized spacial score (nSPS) is 10.9. The third-order valence-corrected chi connectivity index (χ3v) is 1.96. The Hall–Kier alpha value is -1.85. The van der Waals surface area contributed by atoms with E-state index in [2.05, 4.69) is 9.97 Å². The van der Waals surface area contributed by atoms with Gasteiger partial charge in [0.05, 0.1) is 6.33 Å². The monoisotopic (exact) mass is 180 g/mol. The first kappa shape index (κ1) is 7.78. The smallest absolute Gasteiger partial charge is 0.320 e. The molecule has 0 aliphatic rings. The van der Waals surface area contributed by atoms with Crippen LogP contribution in [0.25, 0.3) is 11.2 Å². The summed E-state index contributed by atoms with van der Waals surface area (Å²) in [6.07, 6.45) is 1.50. The van der Waals surface area contributed by atoms with E-state index in [1.54, 1.807) is 18.7 Å². The van der Waals surface area contributed by atoms with Crippen LogP contribution in [0.15, 0.2) is 15.9 Å². The number of H-pyrrole nitrogens is 1. The summed E-state index contributed by atoms with van der Waals surface area (Å²) in [7, 11) is 3.32. The number of hydrogen-bond acceptors (Lipinski definition) is 3. The molecule has 0 radical (unpaired) electrons. The van der Waals surface area contributed by atoms with Crippen molar-refractivity contribution >= 4 is 11.2 Å². The van der Waals surface area contributed by atoms with Crippen molar-refractivity contribution in [2.75, 3.05) is 0 Å². The maximum absolute atomic E-state index is 11.2. The second kappa shape index (κ2) is 2.32. The topological polar surface area (TPSA) is 72.7 Å². The molecule has 1 N–H and O–H groups in total. The minimum Gasteiger partial charge on any atom is -0.320 e. The Kier molecular flexibility index (Phi) is 1.39. The predicted octanol–water partition coefficient (Wildman–Crippen LogP) is -1.04. The molecule has 68 valence electrons. The summed E-state index contributed by atoms with van der Waals surface area (Å²) >= 11 is 0. The van der Waals surface area contributed by atoms with E-state index in [-0.39, 0.29) is 5.52 Å². The lowest BCUT2D eigenvalue weighted by molar-refractivity contribution is 0.794. The van der Waals surface area contributed by atoms with Crippen LogP contribution >= 0.6 is 0 Å². The van der Waals surface area contributed by atoms with Crippen LogP contribution in [0.2, 0.25) is 0 Å². The molecule has 0 aliphatic heterocycles. The molecular formula is C7H8N4O2. The van der Waals surface area contributed by atoms with Crippen molar-refractivity contribution in [3.63, 3.8) is 0 Å². The van der Waals surface area contributed by atoms with Crippen LogP contribution in [0, 0.1) is 0 Å². The third kappa shape index (κ3) is 0.915. The maximum Gasteiger partial charge on any atom is 0.329 e. The molecular weight excluding hydrogens is 172 g/mol. The first-order valence-electron chi connectivity index (χ1n) is 3.71. The second-order valence-electron chi connectivity index (χ2n) is 2.85. The van der Waals surface area contributed by atoms with E-state index >= 15 is 0 Å². The minimum absolute atomic E-state index is 0.282. The third-order valence-electron chi connectivity index (χ3n) is 1.96. The first-order valence-corrected chi connectivity index (χ1v) is 3.71. The Balaban J connectivity index is 3.19. The number of imidazole rings is 1. The quantitative estimate of drug-likeness (QED) is 0.562. The van der Waals surface area contributed by atoms with E-state index in [4.69, 9.17) is 0 Å². The van der Waals surface area contributed by atoms with Crippen LogP contribution < -0.4 is 11.2 Å². The highest BCUT2D eigenvalue weighted by molar-refractivity contribution is 5.69. The van der Waals surface area contributed by atoms with E-state index < -0.39 is 11.2 Å². The molecule has 0 aromatic carbocycles. The van der Waals surface area contributed by atoms with Gasteiger partial charge in [0.15, 0.2) is 5.52 Å². The maximum atomic E-state index is 11.2. The van der Waals surface area contributed by atoms with E-state index in [1.165, 1.54) is 10.9 Å². The van der Waals surface area contributed by atoms with E-state index in [1.807, 2.05) is 0 Å². The molecule has 6 heteroatoms. The number of aromatic amines is 1. The molecule has 0 fully saturated rings. The molecule has 2 aromatic rings. The number of nitrogens with one attached hydrogen (secondary N) is 1. The highest BCUT2D eigenvalue weighted by Gasteiger charge is 2.08. The number of nitrogens with zero attached hydrogens (tertiary/aromatic N) is 3. The van der Waals surface area contributed by atoms with Gasteiger partial charge >= 0.3 is 5.69 Å². The van der Waals surface area contributed by atoms with Gasteiger partial charge in [-0.25, -0.2) is 9.78 Å². The molecule has 0 atom stereocenters. The highest BCUT2D eigenvalue weighted by atomic mass is 16.2. The van der Waals surface area contributed by atoms with E-state index in [9.17, 15) is 9.59 Å². The van der Waals surface area contributed by atoms with Crippen molar-refractivity contribution in [3.8, 4) is 0 Å². The summed E-state index contributed by atoms with van der Waals surface area (Å²) in [4.78, 5) is 28.4. The molecule has 0 unspecified atom stereocenters. The van der Waals surface area contributed by atoms with Gasteiger partial charge in [-0.15, -0.1) is 0 Å². The SMILES string of the molecule is Cn1cnc2c(=O)[nH]c(=O)n(C)c21. The fourth-order valence-corrected chi connectivity index (χ4v) is 1.32. The summed E-state index contributed by atoms with van der Waals surface area (Å²) in [6.45, 7) is 0. The molecule has 13 heavy (non-hydrogen) atoms. The Morgan fingerprint density at radius 2 is 2.08 bits per heavy atom. The zero-order chi connectivity index (χ0) is 9.59. The Bertz CT molecular complexity index is 574. The van der Waals surface area contributed by atoms with Crippen LogP contribution in [0.4, 0.5) is 0 Å². The van der Waals surface area contributed by atoms with Crippen LogP contribution in [0.5, 0.6) is 0 Å². The molecule has 2 heterocycles. The van der Waals surface area contributed by atoms with Crippen molar-refractivity contribution in [2.45, 2.75) is 0 Å². The van der Waals surface area contributed by atoms with Gasteiger partial charge in [-0.05, 0) is 0 Å². The highest BCUT2D eigenvalue weighted by Crippen LogP contribution is 2.01. The predicted molar refractivity (Wildman–Crippen MR) is 46.6 cm³/mol. The molecule has 0 spiro atoms. The molecule has 0 amide bonds. The average Bonchev–Trinajstić information content (AvgIpc) is 2.44. The Morgan fingerprint density at radius 1 is 1.38 bits per heavy atom. The van der Waals surface area contributed by atoms with Gasteiger partial charge in [0, 0.05) is 14.1 Å². The fraction of sp³-hybridized carbons (Fsp3) is 0.286. The molecule has 0 saturated carbocycles.